The number of furan rings is 1. The Kier molecular flexibility index (Phi) is 4.77. The Morgan fingerprint density at radius 2 is 1.41 bits per heavy atom. The van der Waals surface area contributed by atoms with Crippen LogP contribution >= 0.6 is 0 Å². The van der Waals surface area contributed by atoms with E-state index in [9.17, 15) is 0 Å². The zero-order chi connectivity index (χ0) is 23.2. The molecule has 3 heterocycles. The molecule has 6 aromatic rings. The van der Waals surface area contributed by atoms with Gasteiger partial charge in [0.1, 0.15) is 11.2 Å². The maximum Gasteiger partial charge on any atom is 0.144 e. The standard InChI is InChI=1S/C31H24N2O/c1-19-14-29(32-18-28(19)22-8-5-4-6-9-22)27-11-7-10-26-25-13-12-23(17-30(25)34-31(26)27)24-15-20(2)33-21(3)16-24/h4-18H,1-3H3. The largest absolute Gasteiger partial charge is 0.455 e. The molecule has 0 spiro atoms. The van der Waals surface area contributed by atoms with Crippen LogP contribution in [0.5, 0.6) is 0 Å². The van der Waals surface area contributed by atoms with Crippen LogP contribution in [0.1, 0.15) is 17.0 Å². The van der Waals surface area contributed by atoms with Crippen LogP contribution < -0.4 is 0 Å². The van der Waals surface area contributed by atoms with Gasteiger partial charge in [0.2, 0.25) is 0 Å². The molecule has 0 saturated heterocycles. The molecular formula is C31H24N2O. The molecule has 0 N–H and O–H groups in total. The number of pyridine rings is 2. The monoisotopic (exact) mass is 440 g/mol. The first kappa shape index (κ1) is 20.4. The van der Waals surface area contributed by atoms with Crippen LogP contribution in [0, 0.1) is 20.8 Å². The molecule has 3 nitrogen and oxygen atoms in total. The highest BCUT2D eigenvalue weighted by Crippen LogP contribution is 2.37. The number of aromatic nitrogens is 2. The van der Waals surface area contributed by atoms with Crippen LogP contribution in [0.2, 0.25) is 0 Å². The van der Waals surface area contributed by atoms with E-state index >= 15 is 0 Å². The van der Waals surface area contributed by atoms with Crippen LogP contribution in [-0.2, 0) is 0 Å². The number of fused-ring (bicyclic) bond motifs is 3. The van der Waals surface area contributed by atoms with Gasteiger partial charge in [-0.05, 0) is 79.4 Å². The topological polar surface area (TPSA) is 38.9 Å². The first-order valence-electron chi connectivity index (χ1n) is 11.5. The van der Waals surface area contributed by atoms with E-state index in [1.165, 1.54) is 11.1 Å². The summed E-state index contributed by atoms with van der Waals surface area (Å²) in [6.45, 7) is 6.19. The summed E-state index contributed by atoms with van der Waals surface area (Å²) in [5.41, 5.74) is 11.5. The van der Waals surface area contributed by atoms with Gasteiger partial charge in [0, 0.05) is 39.5 Å². The van der Waals surface area contributed by atoms with E-state index in [4.69, 9.17) is 9.40 Å². The first-order valence-corrected chi connectivity index (χ1v) is 11.5. The van der Waals surface area contributed by atoms with Crippen molar-refractivity contribution in [3.63, 3.8) is 0 Å². The van der Waals surface area contributed by atoms with Crippen LogP contribution in [0.15, 0.2) is 95.5 Å². The predicted molar refractivity (Wildman–Crippen MR) is 140 cm³/mol. The Hall–Kier alpha value is -4.24. The lowest BCUT2D eigenvalue weighted by Gasteiger charge is -2.08. The van der Waals surface area contributed by atoms with Crippen molar-refractivity contribution in [2.45, 2.75) is 20.8 Å². The zero-order valence-electron chi connectivity index (χ0n) is 19.5. The van der Waals surface area contributed by atoms with Crippen molar-refractivity contribution in [2.24, 2.45) is 0 Å². The van der Waals surface area contributed by atoms with Crippen LogP contribution in [0.25, 0.3) is 55.4 Å². The quantitative estimate of drug-likeness (QED) is 0.278. The third-order valence-corrected chi connectivity index (χ3v) is 6.39. The number of benzene rings is 3. The lowest BCUT2D eigenvalue weighted by atomic mass is 9.99. The maximum atomic E-state index is 6.46. The molecule has 0 saturated carbocycles. The lowest BCUT2D eigenvalue weighted by molar-refractivity contribution is 0.670. The Morgan fingerprint density at radius 1 is 0.618 bits per heavy atom. The average molecular weight is 441 g/mol. The molecule has 0 radical (unpaired) electrons. The maximum absolute atomic E-state index is 6.46. The average Bonchev–Trinajstić information content (AvgIpc) is 3.22. The van der Waals surface area contributed by atoms with Crippen molar-refractivity contribution in [1.29, 1.82) is 0 Å². The first-order chi connectivity index (χ1) is 16.6. The highest BCUT2D eigenvalue weighted by molar-refractivity contribution is 6.10. The summed E-state index contributed by atoms with van der Waals surface area (Å²) >= 11 is 0. The molecule has 0 aliphatic rings. The molecule has 164 valence electrons. The fourth-order valence-electron chi connectivity index (χ4n) is 4.80. The van der Waals surface area contributed by atoms with E-state index in [1.54, 1.807) is 0 Å². The van der Waals surface area contributed by atoms with E-state index in [2.05, 4.69) is 90.8 Å². The van der Waals surface area contributed by atoms with Gasteiger partial charge in [-0.2, -0.15) is 0 Å². The minimum atomic E-state index is 0.871. The van der Waals surface area contributed by atoms with Crippen molar-refractivity contribution in [3.8, 4) is 33.5 Å². The van der Waals surface area contributed by atoms with Crippen molar-refractivity contribution in [3.05, 3.63) is 108 Å². The van der Waals surface area contributed by atoms with Gasteiger partial charge in [-0.15, -0.1) is 0 Å². The Labute approximate surface area is 198 Å². The molecule has 0 amide bonds. The Balaban J connectivity index is 1.48. The molecule has 6 rings (SSSR count). The van der Waals surface area contributed by atoms with Gasteiger partial charge in [0.15, 0.2) is 0 Å². The number of hydrogen-bond donors (Lipinski definition) is 0. The fraction of sp³-hybridized carbons (Fsp3) is 0.0968. The molecule has 0 unspecified atom stereocenters. The van der Waals surface area contributed by atoms with E-state index < -0.39 is 0 Å². The SMILES string of the molecule is Cc1cc(-c2ccc3c(c2)oc2c(-c4cc(C)c(-c5ccccc5)cn4)cccc23)cc(C)n1. The van der Waals surface area contributed by atoms with E-state index in [1.807, 2.05) is 26.1 Å². The summed E-state index contributed by atoms with van der Waals surface area (Å²) in [6, 6.07) is 29.5. The molecular weight excluding hydrogens is 416 g/mol. The fourth-order valence-corrected chi connectivity index (χ4v) is 4.80. The molecule has 0 aliphatic heterocycles. The minimum Gasteiger partial charge on any atom is -0.455 e. The molecule has 34 heavy (non-hydrogen) atoms. The highest BCUT2D eigenvalue weighted by Gasteiger charge is 2.15. The third kappa shape index (κ3) is 3.46. The van der Waals surface area contributed by atoms with Gasteiger partial charge >= 0.3 is 0 Å². The number of para-hydroxylation sites is 1. The summed E-state index contributed by atoms with van der Waals surface area (Å²) < 4.78 is 6.46. The zero-order valence-corrected chi connectivity index (χ0v) is 19.5. The van der Waals surface area contributed by atoms with E-state index in [0.717, 1.165) is 61.3 Å². The summed E-state index contributed by atoms with van der Waals surface area (Å²) in [4.78, 5) is 9.33. The number of nitrogens with zero attached hydrogens (tertiary/aromatic N) is 2. The van der Waals surface area contributed by atoms with Gasteiger partial charge in [-0.3, -0.25) is 9.97 Å². The molecule has 3 aromatic carbocycles. The number of rotatable bonds is 3. The summed E-state index contributed by atoms with van der Waals surface area (Å²) in [6.07, 6.45) is 1.97. The third-order valence-electron chi connectivity index (χ3n) is 6.39. The number of aryl methyl sites for hydroxylation is 3. The Morgan fingerprint density at radius 3 is 2.18 bits per heavy atom. The second kappa shape index (κ2) is 7.96. The van der Waals surface area contributed by atoms with Crippen LogP contribution in [-0.4, -0.2) is 9.97 Å². The molecule has 3 heteroatoms. The number of hydrogen-bond acceptors (Lipinski definition) is 3. The van der Waals surface area contributed by atoms with Gasteiger partial charge in [-0.25, -0.2) is 0 Å². The normalized spacial score (nSPS) is 11.4. The van der Waals surface area contributed by atoms with Gasteiger partial charge < -0.3 is 4.42 Å². The van der Waals surface area contributed by atoms with Crippen molar-refractivity contribution in [1.82, 2.24) is 9.97 Å². The van der Waals surface area contributed by atoms with Gasteiger partial charge in [0.25, 0.3) is 0 Å². The smallest absolute Gasteiger partial charge is 0.144 e. The molecule has 0 aliphatic carbocycles. The molecule has 3 aromatic heterocycles. The van der Waals surface area contributed by atoms with Crippen molar-refractivity contribution < 1.29 is 4.42 Å². The van der Waals surface area contributed by atoms with Gasteiger partial charge in [0.05, 0.1) is 5.69 Å². The second-order valence-electron chi connectivity index (χ2n) is 8.88. The van der Waals surface area contributed by atoms with E-state index in [0.29, 0.717) is 0 Å². The molecule has 0 atom stereocenters. The molecule has 0 bridgehead atoms. The Bertz CT molecular complexity index is 1660. The molecule has 0 fully saturated rings. The van der Waals surface area contributed by atoms with Crippen LogP contribution in [0.4, 0.5) is 0 Å². The van der Waals surface area contributed by atoms with Crippen molar-refractivity contribution >= 4 is 21.9 Å². The van der Waals surface area contributed by atoms with Gasteiger partial charge in [-0.1, -0.05) is 48.5 Å². The second-order valence-corrected chi connectivity index (χ2v) is 8.88. The lowest BCUT2D eigenvalue weighted by Crippen LogP contribution is -1.90. The highest BCUT2D eigenvalue weighted by atomic mass is 16.3. The summed E-state index contributed by atoms with van der Waals surface area (Å²) in [7, 11) is 0. The summed E-state index contributed by atoms with van der Waals surface area (Å²) in [5, 5.41) is 2.22. The predicted octanol–water partition coefficient (Wildman–Crippen LogP) is 8.30. The summed E-state index contributed by atoms with van der Waals surface area (Å²) in [5.74, 6) is 0. The van der Waals surface area contributed by atoms with Crippen molar-refractivity contribution in [2.75, 3.05) is 0 Å². The van der Waals surface area contributed by atoms with Crippen LogP contribution in [0.3, 0.4) is 0 Å². The minimum absolute atomic E-state index is 0.871. The van der Waals surface area contributed by atoms with E-state index in [-0.39, 0.29) is 0 Å².